The Kier molecular flexibility index (Phi) is 6.95. The van der Waals surface area contributed by atoms with Crippen LogP contribution in [0, 0.1) is 17.8 Å². The lowest BCUT2D eigenvalue weighted by Gasteiger charge is -2.23. The Labute approximate surface area is 179 Å². The number of nitrogens with one attached hydrogen (secondary N) is 2. The molecule has 1 aliphatic rings. The number of H-pyrrole nitrogens is 1. The predicted molar refractivity (Wildman–Crippen MR) is 113 cm³/mol. The molecule has 3 rings (SSSR count). The topological polar surface area (TPSA) is 92.1 Å². The number of halogens is 3. The first-order valence-corrected chi connectivity index (χ1v) is 11.9. The number of hydrogen-bond acceptors (Lipinski definition) is 4. The van der Waals surface area contributed by atoms with E-state index in [4.69, 9.17) is 0 Å². The number of alkyl halides is 3. The summed E-state index contributed by atoms with van der Waals surface area (Å²) in [5, 5.41) is 0. The monoisotopic (exact) mass is 459 g/mol. The zero-order valence-corrected chi connectivity index (χ0v) is 18.4. The highest BCUT2D eigenvalue weighted by Gasteiger charge is 2.36. The molecule has 2 aromatic heterocycles. The molecule has 3 atom stereocenters. The van der Waals surface area contributed by atoms with E-state index in [0.717, 1.165) is 24.1 Å². The zero-order chi connectivity index (χ0) is 22.8. The van der Waals surface area contributed by atoms with Gasteiger partial charge in [-0.1, -0.05) is 19.9 Å². The largest absolute Gasteiger partial charge is 0.390 e. The molecule has 31 heavy (non-hydrogen) atoms. The van der Waals surface area contributed by atoms with Gasteiger partial charge in [-0.25, -0.2) is 18.1 Å². The van der Waals surface area contributed by atoms with Gasteiger partial charge in [0.15, 0.2) is 11.1 Å². The van der Waals surface area contributed by atoms with Gasteiger partial charge in [0.1, 0.15) is 0 Å². The molecule has 0 saturated heterocycles. The minimum Gasteiger partial charge on any atom is -0.345 e. The summed E-state index contributed by atoms with van der Waals surface area (Å²) in [7, 11) is -2.29. The molecule has 0 aliphatic heterocycles. The van der Waals surface area contributed by atoms with Gasteiger partial charge in [0.05, 0.1) is 23.9 Å². The fraction of sp³-hybridized carbons (Fsp3) is 0.600. The van der Waals surface area contributed by atoms with Crippen LogP contribution in [-0.4, -0.2) is 48.5 Å². The molecule has 7 nitrogen and oxygen atoms in total. The van der Waals surface area contributed by atoms with Gasteiger partial charge >= 0.3 is 6.18 Å². The van der Waals surface area contributed by atoms with Gasteiger partial charge in [0.25, 0.3) is 0 Å². The molecule has 0 bridgehead atoms. The maximum absolute atomic E-state index is 12.4. The fourth-order valence-electron chi connectivity index (χ4n) is 4.40. The number of hydrogen-bond donors (Lipinski definition) is 2. The summed E-state index contributed by atoms with van der Waals surface area (Å²) in [6.07, 6.45) is -0.00458. The Balaban J connectivity index is 1.74. The van der Waals surface area contributed by atoms with Crippen molar-refractivity contribution in [1.29, 1.82) is 0 Å². The number of aromatic nitrogens is 3. The average Bonchev–Trinajstić information content (AvgIpc) is 3.35. The van der Waals surface area contributed by atoms with Crippen molar-refractivity contribution in [3.05, 3.63) is 30.5 Å². The number of fused-ring (bicyclic) bond motifs is 1. The summed E-state index contributed by atoms with van der Waals surface area (Å²) in [5.41, 5.74) is 3.11. The Morgan fingerprint density at radius 2 is 2.16 bits per heavy atom. The van der Waals surface area contributed by atoms with Crippen molar-refractivity contribution >= 4 is 26.9 Å². The molecule has 0 radical (unpaired) electrons. The van der Waals surface area contributed by atoms with Gasteiger partial charge in [0, 0.05) is 31.4 Å². The van der Waals surface area contributed by atoms with Crippen LogP contribution in [0.2, 0.25) is 0 Å². The summed E-state index contributed by atoms with van der Waals surface area (Å²) in [5.74, 6) is -0.535. The Morgan fingerprint density at radius 1 is 1.42 bits per heavy atom. The summed E-state index contributed by atoms with van der Waals surface area (Å²) in [6, 6.07) is 1.91. The van der Waals surface area contributed by atoms with Crippen LogP contribution in [0.15, 0.2) is 30.0 Å². The van der Waals surface area contributed by atoms with E-state index in [1.54, 1.807) is 19.4 Å². The molecule has 0 aromatic carbocycles. The highest BCUT2D eigenvalue weighted by molar-refractivity contribution is 7.89. The van der Waals surface area contributed by atoms with E-state index in [-0.39, 0.29) is 24.3 Å². The maximum atomic E-state index is 12.4. The van der Waals surface area contributed by atoms with E-state index in [2.05, 4.69) is 33.2 Å². The van der Waals surface area contributed by atoms with Gasteiger partial charge in [-0.2, -0.15) is 13.2 Å². The van der Waals surface area contributed by atoms with E-state index in [9.17, 15) is 21.6 Å². The molecule has 1 saturated carbocycles. The number of aromatic amines is 1. The number of rotatable bonds is 8. The highest BCUT2D eigenvalue weighted by atomic mass is 32.2. The van der Waals surface area contributed by atoms with Crippen molar-refractivity contribution in [2.75, 3.05) is 19.3 Å². The van der Waals surface area contributed by atoms with Crippen molar-refractivity contribution in [3.8, 4) is 0 Å². The molecule has 0 spiro atoms. The molecular weight excluding hydrogens is 431 g/mol. The standard InChI is InChI=1S/C20H28F3N5O2S/c1-4-15-9-14(11-27-31(29,30)8-6-20(21,22)23)10-16(15)13(2)28-17-5-7-25-19(17)26-12-18(28)24-3/h5,7,12,14-16,25,27H,2,4,6,8-11H2,1,3H3/b24-18-/t14-,15-,16-/m0/s1. The lowest BCUT2D eigenvalue weighted by Crippen LogP contribution is -2.32. The van der Waals surface area contributed by atoms with Crippen molar-refractivity contribution < 1.29 is 21.6 Å². The van der Waals surface area contributed by atoms with Crippen LogP contribution < -0.4 is 10.2 Å². The second kappa shape index (κ2) is 9.15. The Bertz CT molecular complexity index is 1100. The third kappa shape index (κ3) is 5.57. The summed E-state index contributed by atoms with van der Waals surface area (Å²) in [4.78, 5) is 11.8. The normalized spacial score (nSPS) is 23.0. The highest BCUT2D eigenvalue weighted by Crippen LogP contribution is 2.43. The van der Waals surface area contributed by atoms with E-state index in [0.29, 0.717) is 17.6 Å². The predicted octanol–water partition coefficient (Wildman–Crippen LogP) is 3.29. The van der Waals surface area contributed by atoms with E-state index >= 15 is 0 Å². The lowest BCUT2D eigenvalue weighted by molar-refractivity contribution is -0.130. The second-order valence-electron chi connectivity index (χ2n) is 8.02. The quantitative estimate of drug-likeness (QED) is 0.635. The van der Waals surface area contributed by atoms with Crippen molar-refractivity contribution in [1.82, 2.24) is 19.3 Å². The third-order valence-electron chi connectivity index (χ3n) is 5.99. The molecule has 11 heteroatoms. The minimum absolute atomic E-state index is 0.0264. The van der Waals surface area contributed by atoms with Crippen LogP contribution >= 0.6 is 0 Å². The summed E-state index contributed by atoms with van der Waals surface area (Å²) >= 11 is 0. The molecule has 1 aliphatic carbocycles. The molecule has 1 fully saturated rings. The lowest BCUT2D eigenvalue weighted by atomic mass is 9.91. The summed E-state index contributed by atoms with van der Waals surface area (Å²) in [6.45, 7) is 6.55. The first-order valence-electron chi connectivity index (χ1n) is 10.3. The first kappa shape index (κ1) is 23.5. The van der Waals surface area contributed by atoms with E-state index in [1.807, 2.05) is 10.6 Å². The molecule has 2 aromatic rings. The minimum atomic E-state index is -4.49. The third-order valence-corrected chi connectivity index (χ3v) is 7.34. The molecule has 2 heterocycles. The van der Waals surface area contributed by atoms with Crippen molar-refractivity contribution in [3.63, 3.8) is 0 Å². The average molecular weight is 460 g/mol. The van der Waals surface area contributed by atoms with Crippen LogP contribution in [-0.2, 0) is 10.0 Å². The van der Waals surface area contributed by atoms with Crippen LogP contribution in [0.4, 0.5) is 13.2 Å². The van der Waals surface area contributed by atoms with Crippen LogP contribution in [0.5, 0.6) is 0 Å². The first-order chi connectivity index (χ1) is 14.5. The second-order valence-corrected chi connectivity index (χ2v) is 9.95. The number of allylic oxidation sites excluding steroid dienone is 1. The zero-order valence-electron chi connectivity index (χ0n) is 17.6. The molecule has 2 N–H and O–H groups in total. The van der Waals surface area contributed by atoms with Crippen LogP contribution in [0.1, 0.15) is 32.6 Å². The molecular formula is C20H28F3N5O2S. The SMILES string of the molecule is C=C([C@@H]1C[C@@H](CNS(=O)(=O)CCC(F)(F)F)C[C@@H]1CC)n1/c(=N\C)cnc2[nH]ccc21. The van der Waals surface area contributed by atoms with Crippen LogP contribution in [0.3, 0.4) is 0 Å². The molecule has 0 unspecified atom stereocenters. The maximum Gasteiger partial charge on any atom is 0.390 e. The molecule has 0 amide bonds. The van der Waals surface area contributed by atoms with Gasteiger partial charge in [-0.05, 0) is 30.7 Å². The van der Waals surface area contributed by atoms with Crippen molar-refractivity contribution in [2.24, 2.45) is 22.7 Å². The van der Waals surface area contributed by atoms with E-state index in [1.165, 1.54) is 0 Å². The Morgan fingerprint density at radius 3 is 2.81 bits per heavy atom. The fourth-order valence-corrected chi connectivity index (χ4v) is 5.53. The van der Waals surface area contributed by atoms with Crippen molar-refractivity contribution in [2.45, 2.75) is 38.8 Å². The number of nitrogens with zero attached hydrogens (tertiary/aromatic N) is 3. The van der Waals surface area contributed by atoms with Gasteiger partial charge in [-0.15, -0.1) is 0 Å². The van der Waals surface area contributed by atoms with Gasteiger partial charge < -0.3 is 4.98 Å². The molecule has 172 valence electrons. The Hall–Kier alpha value is -2.14. The van der Waals surface area contributed by atoms with E-state index < -0.39 is 28.4 Å². The smallest absolute Gasteiger partial charge is 0.345 e. The van der Waals surface area contributed by atoms with Gasteiger partial charge in [0.2, 0.25) is 10.0 Å². The summed E-state index contributed by atoms with van der Waals surface area (Å²) < 4.78 is 65.3. The van der Waals surface area contributed by atoms with Crippen LogP contribution in [0.25, 0.3) is 16.9 Å². The number of sulfonamides is 1. The van der Waals surface area contributed by atoms with Gasteiger partial charge in [-0.3, -0.25) is 9.56 Å².